The highest BCUT2D eigenvalue weighted by molar-refractivity contribution is 6.32. The van der Waals surface area contributed by atoms with Gasteiger partial charge in [-0.15, -0.1) is 0 Å². The van der Waals surface area contributed by atoms with E-state index >= 15 is 0 Å². The number of para-hydroxylation sites is 1. The number of fused-ring (bicyclic) bond motifs is 1. The summed E-state index contributed by atoms with van der Waals surface area (Å²) in [5.74, 6) is -2.66. The van der Waals surface area contributed by atoms with Crippen LogP contribution in [0, 0.1) is 0 Å². The Labute approximate surface area is 167 Å². The Kier molecular flexibility index (Phi) is 4.71. The molecule has 0 spiro atoms. The summed E-state index contributed by atoms with van der Waals surface area (Å²) in [4.78, 5) is 20.0. The van der Waals surface area contributed by atoms with Gasteiger partial charge in [0.25, 0.3) is 0 Å². The van der Waals surface area contributed by atoms with Crippen LogP contribution >= 0.6 is 11.6 Å². The molecule has 0 saturated heterocycles. The zero-order valence-corrected chi connectivity index (χ0v) is 15.3. The van der Waals surface area contributed by atoms with Crippen LogP contribution < -0.4 is 5.32 Å². The summed E-state index contributed by atoms with van der Waals surface area (Å²) in [5, 5.41) is 2.55. The molecule has 1 amide bonds. The van der Waals surface area contributed by atoms with Crippen LogP contribution in [0.15, 0.2) is 65.1 Å². The normalized spacial score (nSPS) is 11.6. The number of carbonyl (C=O) groups excluding carboxylic acids is 1. The van der Waals surface area contributed by atoms with E-state index in [0.29, 0.717) is 11.1 Å². The molecule has 4 rings (SSSR count). The number of carbonyl (C=O) groups is 1. The van der Waals surface area contributed by atoms with Gasteiger partial charge in [0.15, 0.2) is 0 Å². The van der Waals surface area contributed by atoms with Gasteiger partial charge in [0.05, 0.1) is 11.1 Å². The lowest BCUT2D eigenvalue weighted by Crippen LogP contribution is -2.29. The van der Waals surface area contributed by atoms with Gasteiger partial charge in [0.1, 0.15) is 10.8 Å². The van der Waals surface area contributed by atoms with Crippen LogP contribution in [0.3, 0.4) is 0 Å². The van der Waals surface area contributed by atoms with Crippen LogP contribution in [0.5, 0.6) is 0 Å². The Hall–Kier alpha value is -3.39. The molecule has 0 radical (unpaired) electrons. The predicted octanol–water partition coefficient (Wildman–Crippen LogP) is 5.71. The van der Waals surface area contributed by atoms with E-state index in [1.54, 1.807) is 59.9 Å². The number of amides is 1. The van der Waals surface area contributed by atoms with Crippen LogP contribution in [0.4, 0.5) is 19.1 Å². The number of pyridine rings is 1. The maximum atomic E-state index is 12.7. The van der Waals surface area contributed by atoms with Crippen LogP contribution in [-0.2, 0) is 4.79 Å². The molecule has 0 atom stereocenters. The highest BCUT2D eigenvalue weighted by Gasteiger charge is 2.40. The lowest BCUT2D eigenvalue weighted by molar-refractivity contribution is -0.167. The number of nitrogens with one attached hydrogen (secondary N) is 1. The van der Waals surface area contributed by atoms with Crippen molar-refractivity contribution < 1.29 is 22.4 Å². The number of anilines is 1. The maximum Gasteiger partial charge on any atom is 0.471 e. The largest absolute Gasteiger partial charge is 0.471 e. The second-order valence-electron chi connectivity index (χ2n) is 6.03. The molecule has 2 aromatic heterocycles. The lowest BCUT2D eigenvalue weighted by atomic mass is 10.1. The number of aromatic nitrogens is 2. The molecule has 29 heavy (non-hydrogen) atoms. The van der Waals surface area contributed by atoms with Crippen molar-refractivity contribution in [3.05, 3.63) is 65.8 Å². The molecule has 0 unspecified atom stereocenters. The first kappa shape index (κ1) is 18.9. The van der Waals surface area contributed by atoms with Gasteiger partial charge in [-0.1, -0.05) is 60.1 Å². The molecule has 0 aliphatic heterocycles. The minimum Gasteiger partial charge on any atom is -0.419 e. The number of halogens is 4. The van der Waals surface area contributed by atoms with E-state index in [9.17, 15) is 18.0 Å². The van der Waals surface area contributed by atoms with Gasteiger partial charge in [-0.25, -0.2) is 9.97 Å². The number of benzene rings is 2. The van der Waals surface area contributed by atoms with Gasteiger partial charge >= 0.3 is 12.1 Å². The third-order valence-electron chi connectivity index (χ3n) is 4.07. The van der Waals surface area contributed by atoms with Gasteiger partial charge in [-0.3, -0.25) is 10.1 Å². The summed E-state index contributed by atoms with van der Waals surface area (Å²) in [6.07, 6.45) is -5.08. The second kappa shape index (κ2) is 7.21. The molecule has 5 nitrogen and oxygen atoms in total. The summed E-state index contributed by atoms with van der Waals surface area (Å²) in [6.45, 7) is 0. The number of oxazole rings is 1. The van der Waals surface area contributed by atoms with Gasteiger partial charge in [0.2, 0.25) is 11.8 Å². The fourth-order valence-corrected chi connectivity index (χ4v) is 2.95. The summed E-state index contributed by atoms with van der Waals surface area (Å²) < 4.78 is 43.7. The topological polar surface area (TPSA) is 68.0 Å². The van der Waals surface area contributed by atoms with Gasteiger partial charge in [0, 0.05) is 10.9 Å². The lowest BCUT2D eigenvalue weighted by Gasteiger charge is -2.06. The first-order valence-corrected chi connectivity index (χ1v) is 8.71. The summed E-state index contributed by atoms with van der Waals surface area (Å²) >= 11 is 6.25. The second-order valence-corrected chi connectivity index (χ2v) is 6.39. The first-order chi connectivity index (χ1) is 13.8. The third kappa shape index (κ3) is 3.79. The highest BCUT2D eigenvalue weighted by Crippen LogP contribution is 2.36. The fourth-order valence-electron chi connectivity index (χ4n) is 2.73. The molecular weight excluding hydrogens is 407 g/mol. The molecule has 4 aromatic rings. The maximum absolute atomic E-state index is 12.7. The molecule has 0 aliphatic rings. The van der Waals surface area contributed by atoms with Crippen molar-refractivity contribution in [2.45, 2.75) is 6.18 Å². The average Bonchev–Trinajstić information content (AvgIpc) is 3.11. The SMILES string of the molecule is O=C(Nc1oc(-c2cc3ccccc3nc2Cl)nc1-c1ccccc1)C(F)(F)F. The van der Waals surface area contributed by atoms with Crippen LogP contribution in [0.1, 0.15) is 0 Å². The Balaban J connectivity index is 1.85. The predicted molar refractivity (Wildman–Crippen MR) is 102 cm³/mol. The molecule has 0 saturated carbocycles. The van der Waals surface area contributed by atoms with E-state index < -0.39 is 18.0 Å². The molecule has 2 heterocycles. The molecule has 0 fully saturated rings. The van der Waals surface area contributed by atoms with E-state index in [1.165, 1.54) is 0 Å². The first-order valence-electron chi connectivity index (χ1n) is 8.33. The number of rotatable bonds is 3. The zero-order valence-electron chi connectivity index (χ0n) is 14.5. The van der Waals surface area contributed by atoms with Crippen molar-refractivity contribution in [3.63, 3.8) is 0 Å². The minimum absolute atomic E-state index is 0.0439. The standard InChI is InChI=1S/C20H11ClF3N3O2/c21-16-13(10-12-8-4-5-9-14(12)25-16)17-26-15(11-6-2-1-3-7-11)18(29-17)27-19(28)20(22,23)24/h1-10H,(H,27,28). The number of nitrogens with zero attached hydrogens (tertiary/aromatic N) is 2. The van der Waals surface area contributed by atoms with E-state index in [-0.39, 0.29) is 22.3 Å². The number of hydrogen-bond donors (Lipinski definition) is 1. The van der Waals surface area contributed by atoms with E-state index in [2.05, 4.69) is 9.97 Å². The van der Waals surface area contributed by atoms with Crippen LogP contribution in [-0.4, -0.2) is 22.1 Å². The van der Waals surface area contributed by atoms with Crippen LogP contribution in [0.2, 0.25) is 5.15 Å². The number of alkyl halides is 3. The van der Waals surface area contributed by atoms with Crippen molar-refractivity contribution in [3.8, 4) is 22.7 Å². The van der Waals surface area contributed by atoms with Crippen LogP contribution in [0.25, 0.3) is 33.6 Å². The minimum atomic E-state index is -5.08. The molecule has 146 valence electrons. The number of hydrogen-bond acceptors (Lipinski definition) is 4. The summed E-state index contributed by atoms with van der Waals surface area (Å²) in [6, 6.07) is 17.2. The van der Waals surface area contributed by atoms with Crippen molar-refractivity contribution in [2.75, 3.05) is 5.32 Å². The summed E-state index contributed by atoms with van der Waals surface area (Å²) in [5.41, 5.74) is 1.43. The Morgan fingerprint density at radius 2 is 1.69 bits per heavy atom. The summed E-state index contributed by atoms with van der Waals surface area (Å²) in [7, 11) is 0. The molecule has 0 aliphatic carbocycles. The van der Waals surface area contributed by atoms with Crippen molar-refractivity contribution in [1.82, 2.24) is 9.97 Å². The Morgan fingerprint density at radius 1 is 1.00 bits per heavy atom. The van der Waals surface area contributed by atoms with Crippen molar-refractivity contribution >= 4 is 34.3 Å². The van der Waals surface area contributed by atoms with Gasteiger partial charge < -0.3 is 4.42 Å². The van der Waals surface area contributed by atoms with Crippen molar-refractivity contribution in [2.24, 2.45) is 0 Å². The van der Waals surface area contributed by atoms with E-state index in [1.807, 2.05) is 6.07 Å². The van der Waals surface area contributed by atoms with Gasteiger partial charge in [-0.2, -0.15) is 13.2 Å². The molecule has 9 heteroatoms. The van der Waals surface area contributed by atoms with Gasteiger partial charge in [-0.05, 0) is 12.1 Å². The quantitative estimate of drug-likeness (QED) is 0.433. The third-order valence-corrected chi connectivity index (χ3v) is 4.35. The smallest absolute Gasteiger partial charge is 0.419 e. The molecular formula is C20H11ClF3N3O2. The fraction of sp³-hybridized carbons (Fsp3) is 0.0500. The van der Waals surface area contributed by atoms with E-state index in [4.69, 9.17) is 16.0 Å². The molecule has 0 bridgehead atoms. The monoisotopic (exact) mass is 417 g/mol. The average molecular weight is 418 g/mol. The van der Waals surface area contributed by atoms with Crippen molar-refractivity contribution in [1.29, 1.82) is 0 Å². The Bertz CT molecular complexity index is 1210. The molecule has 2 aromatic carbocycles. The highest BCUT2D eigenvalue weighted by atomic mass is 35.5. The zero-order chi connectivity index (χ0) is 20.6. The Morgan fingerprint density at radius 3 is 2.41 bits per heavy atom. The van der Waals surface area contributed by atoms with E-state index in [0.717, 1.165) is 5.39 Å². The molecule has 1 N–H and O–H groups in total.